The van der Waals surface area contributed by atoms with Gasteiger partial charge in [0.05, 0.1) is 0 Å². The zero-order valence-corrected chi connectivity index (χ0v) is 33.1. The second kappa shape index (κ2) is 15.5. The van der Waals surface area contributed by atoms with Gasteiger partial charge in [0, 0.05) is 27.5 Å². The number of benzene rings is 9. The first-order valence-electron chi connectivity index (χ1n) is 20.5. The van der Waals surface area contributed by atoms with Crippen LogP contribution in [0.1, 0.15) is 0 Å². The van der Waals surface area contributed by atoms with E-state index >= 15 is 0 Å². The third kappa shape index (κ3) is 7.07. The highest BCUT2D eigenvalue weighted by atomic mass is 16.3. The average molecular weight is 780 g/mol. The van der Waals surface area contributed by atoms with E-state index in [0.717, 1.165) is 72.0 Å². The zero-order valence-electron chi connectivity index (χ0n) is 33.1. The first-order chi connectivity index (χ1) is 30.2. The van der Waals surface area contributed by atoms with Crippen molar-refractivity contribution in [2.24, 2.45) is 0 Å². The smallest absolute Gasteiger partial charge is 0.164 e. The molecule has 61 heavy (non-hydrogen) atoms. The van der Waals surface area contributed by atoms with Gasteiger partial charge in [0.15, 0.2) is 17.5 Å². The molecule has 0 aliphatic heterocycles. The van der Waals surface area contributed by atoms with Gasteiger partial charge in [0.25, 0.3) is 0 Å². The van der Waals surface area contributed by atoms with Crippen molar-refractivity contribution in [3.8, 4) is 89.8 Å². The normalized spacial score (nSPS) is 11.3. The largest absolute Gasteiger partial charge is 0.456 e. The lowest BCUT2D eigenvalue weighted by Gasteiger charge is -2.10. The van der Waals surface area contributed by atoms with Crippen LogP contribution in [0.2, 0.25) is 0 Å². The molecule has 0 amide bonds. The Morgan fingerprint density at radius 1 is 0.246 bits per heavy atom. The molecule has 0 spiro atoms. The lowest BCUT2D eigenvalue weighted by Crippen LogP contribution is -2.00. The van der Waals surface area contributed by atoms with E-state index < -0.39 is 0 Å². The van der Waals surface area contributed by atoms with E-state index in [2.05, 4.69) is 200 Å². The van der Waals surface area contributed by atoms with E-state index in [0.29, 0.717) is 17.5 Å². The van der Waals surface area contributed by atoms with Gasteiger partial charge in [-0.15, -0.1) is 0 Å². The average Bonchev–Trinajstić information content (AvgIpc) is 3.73. The molecule has 11 aromatic rings. The maximum Gasteiger partial charge on any atom is 0.164 e. The van der Waals surface area contributed by atoms with E-state index in [-0.39, 0.29) is 0 Å². The molecule has 2 aromatic heterocycles. The van der Waals surface area contributed by atoms with Crippen molar-refractivity contribution < 1.29 is 4.42 Å². The van der Waals surface area contributed by atoms with Crippen LogP contribution in [0.3, 0.4) is 0 Å². The highest BCUT2D eigenvalue weighted by Gasteiger charge is 2.18. The van der Waals surface area contributed by atoms with Crippen LogP contribution >= 0.6 is 0 Å². The van der Waals surface area contributed by atoms with E-state index in [1.54, 1.807) is 0 Å². The highest BCUT2D eigenvalue weighted by Crippen LogP contribution is 2.39. The fraction of sp³-hybridized carbons (Fsp3) is 0. The van der Waals surface area contributed by atoms with Gasteiger partial charge in [-0.25, -0.2) is 15.0 Å². The Kier molecular flexibility index (Phi) is 9.14. The maximum absolute atomic E-state index is 6.60. The van der Waals surface area contributed by atoms with Crippen LogP contribution < -0.4 is 0 Å². The molecule has 0 N–H and O–H groups in total. The molecule has 9 aromatic carbocycles. The summed E-state index contributed by atoms with van der Waals surface area (Å²) in [7, 11) is 0. The summed E-state index contributed by atoms with van der Waals surface area (Å²) in [5.41, 5.74) is 15.8. The summed E-state index contributed by atoms with van der Waals surface area (Å²) in [6, 6.07) is 78.2. The van der Waals surface area contributed by atoms with E-state index in [9.17, 15) is 0 Å². The Bertz CT molecular complexity index is 3320. The monoisotopic (exact) mass is 779 g/mol. The first kappa shape index (κ1) is 35.9. The standard InChI is InChI=1S/C57H37N3O/c1-4-13-38(14-5-1)41-25-27-42(28-26-41)43-29-31-44(32-30-43)55-58-56(48-22-11-20-46(36-48)40-17-8-3-9-18-40)60-57(59-55)49-33-34-51-53(37-49)61-52-24-12-23-50(54(51)52)47-21-10-19-45(35-47)39-15-6-2-7-16-39/h1-37H. The number of aromatic nitrogens is 3. The van der Waals surface area contributed by atoms with Gasteiger partial charge in [0.2, 0.25) is 0 Å². The van der Waals surface area contributed by atoms with E-state index in [1.807, 2.05) is 24.3 Å². The summed E-state index contributed by atoms with van der Waals surface area (Å²) in [5.74, 6) is 1.77. The van der Waals surface area contributed by atoms with Gasteiger partial charge in [-0.05, 0) is 86.0 Å². The van der Waals surface area contributed by atoms with E-state index in [1.165, 1.54) is 22.3 Å². The van der Waals surface area contributed by atoms with Gasteiger partial charge in [0.1, 0.15) is 11.2 Å². The van der Waals surface area contributed by atoms with E-state index in [4.69, 9.17) is 19.4 Å². The van der Waals surface area contributed by atoms with Crippen molar-refractivity contribution in [3.05, 3.63) is 224 Å². The third-order valence-corrected chi connectivity index (χ3v) is 11.4. The van der Waals surface area contributed by atoms with Gasteiger partial charge in [-0.2, -0.15) is 0 Å². The molecule has 0 unspecified atom stereocenters. The fourth-order valence-corrected chi connectivity index (χ4v) is 8.23. The molecular weight excluding hydrogens is 743 g/mol. The molecule has 0 saturated carbocycles. The fourth-order valence-electron chi connectivity index (χ4n) is 8.23. The van der Waals surface area contributed by atoms with Gasteiger partial charge >= 0.3 is 0 Å². The van der Waals surface area contributed by atoms with Crippen LogP contribution in [0.4, 0.5) is 0 Å². The Morgan fingerprint density at radius 2 is 0.623 bits per heavy atom. The number of rotatable bonds is 8. The third-order valence-electron chi connectivity index (χ3n) is 11.4. The summed E-state index contributed by atoms with van der Waals surface area (Å²) in [4.78, 5) is 15.4. The molecule has 0 radical (unpaired) electrons. The van der Waals surface area contributed by atoms with Crippen LogP contribution in [0, 0.1) is 0 Å². The topological polar surface area (TPSA) is 51.8 Å². The first-order valence-corrected chi connectivity index (χ1v) is 20.5. The van der Waals surface area contributed by atoms with Crippen LogP contribution in [0.15, 0.2) is 229 Å². The molecule has 4 nitrogen and oxygen atoms in total. The number of nitrogens with zero attached hydrogens (tertiary/aromatic N) is 3. The summed E-state index contributed by atoms with van der Waals surface area (Å²) < 4.78 is 6.60. The Balaban J connectivity index is 0.992. The quantitative estimate of drug-likeness (QED) is 0.154. The molecule has 0 aliphatic rings. The number of fused-ring (bicyclic) bond motifs is 3. The number of furan rings is 1. The second-order valence-corrected chi connectivity index (χ2v) is 15.2. The minimum atomic E-state index is 0.573. The van der Waals surface area contributed by atoms with Gasteiger partial charge < -0.3 is 4.42 Å². The second-order valence-electron chi connectivity index (χ2n) is 15.2. The number of hydrogen-bond donors (Lipinski definition) is 0. The minimum Gasteiger partial charge on any atom is -0.456 e. The van der Waals surface area contributed by atoms with Crippen LogP contribution in [-0.4, -0.2) is 15.0 Å². The molecule has 0 atom stereocenters. The molecule has 0 saturated heterocycles. The Morgan fingerprint density at radius 3 is 1.18 bits per heavy atom. The predicted octanol–water partition coefficient (Wildman–Crippen LogP) is 15.1. The molecule has 2 heterocycles. The molecule has 286 valence electrons. The summed E-state index contributed by atoms with van der Waals surface area (Å²) in [6.07, 6.45) is 0. The van der Waals surface area contributed by atoms with Crippen molar-refractivity contribution in [2.45, 2.75) is 0 Å². The Labute approximate surface area is 354 Å². The summed E-state index contributed by atoms with van der Waals surface area (Å²) in [6.45, 7) is 0. The van der Waals surface area contributed by atoms with Crippen LogP contribution in [0.5, 0.6) is 0 Å². The van der Waals surface area contributed by atoms with Crippen molar-refractivity contribution in [3.63, 3.8) is 0 Å². The van der Waals surface area contributed by atoms with Crippen LogP contribution in [-0.2, 0) is 0 Å². The van der Waals surface area contributed by atoms with Gasteiger partial charge in [-0.3, -0.25) is 0 Å². The zero-order chi connectivity index (χ0) is 40.5. The van der Waals surface area contributed by atoms with Crippen molar-refractivity contribution in [1.82, 2.24) is 15.0 Å². The van der Waals surface area contributed by atoms with Crippen molar-refractivity contribution in [1.29, 1.82) is 0 Å². The Hall–Kier alpha value is -8.21. The van der Waals surface area contributed by atoms with Gasteiger partial charge in [-0.1, -0.05) is 194 Å². The molecule has 0 fully saturated rings. The van der Waals surface area contributed by atoms with Crippen molar-refractivity contribution in [2.75, 3.05) is 0 Å². The molecule has 0 aliphatic carbocycles. The SMILES string of the molecule is c1ccc(-c2ccc(-c3ccc(-c4nc(-c5cccc(-c6ccccc6)c5)nc(-c5ccc6c(c5)oc5cccc(-c7cccc(-c8ccccc8)c7)c56)n4)cc3)cc2)cc1. The lowest BCUT2D eigenvalue weighted by atomic mass is 9.96. The number of hydrogen-bond acceptors (Lipinski definition) is 4. The highest BCUT2D eigenvalue weighted by molar-refractivity contribution is 6.13. The predicted molar refractivity (Wildman–Crippen MR) is 251 cm³/mol. The molecule has 4 heteroatoms. The van der Waals surface area contributed by atoms with Crippen LogP contribution in [0.25, 0.3) is 112 Å². The molecular formula is C57H37N3O. The molecule has 11 rings (SSSR count). The summed E-state index contributed by atoms with van der Waals surface area (Å²) in [5, 5.41) is 2.12. The van der Waals surface area contributed by atoms with Crippen molar-refractivity contribution >= 4 is 21.9 Å². The maximum atomic E-state index is 6.60. The summed E-state index contributed by atoms with van der Waals surface area (Å²) >= 11 is 0. The minimum absolute atomic E-state index is 0.573. The molecule has 0 bridgehead atoms. The lowest BCUT2D eigenvalue weighted by molar-refractivity contribution is 0.669.